The van der Waals surface area contributed by atoms with Crippen LogP contribution in [0.2, 0.25) is 0 Å². The summed E-state index contributed by atoms with van der Waals surface area (Å²) in [7, 11) is 7.10. The molecule has 0 fully saturated rings. The molecular weight excluding hydrogens is 487 g/mol. The van der Waals surface area contributed by atoms with Gasteiger partial charge >= 0.3 is 0 Å². The standard InChI is InChI=1S/C20H28N4O2S.HI/c1-23(2)19(25)14-22-20(21-12-11-17-9-7-13-27-17)24(3)15-16-8-5-6-10-18(16)26-4;/h5-10,13H,11-12,14-15H2,1-4H3,(H,21,22);1H. The summed E-state index contributed by atoms with van der Waals surface area (Å²) in [6.45, 7) is 1.50. The molecule has 0 atom stereocenters. The van der Waals surface area contributed by atoms with Crippen LogP contribution in [0, 0.1) is 0 Å². The lowest BCUT2D eigenvalue weighted by atomic mass is 10.2. The first kappa shape index (κ1) is 24.2. The maximum Gasteiger partial charge on any atom is 0.243 e. The van der Waals surface area contributed by atoms with Gasteiger partial charge in [0.25, 0.3) is 0 Å². The van der Waals surface area contributed by atoms with E-state index in [-0.39, 0.29) is 36.4 Å². The maximum absolute atomic E-state index is 11.9. The molecule has 0 spiro atoms. The van der Waals surface area contributed by atoms with Gasteiger partial charge in [-0.15, -0.1) is 35.3 Å². The molecule has 0 unspecified atom stereocenters. The molecule has 0 aliphatic heterocycles. The number of hydrogen-bond donors (Lipinski definition) is 1. The molecular formula is C20H29IN4O2S. The van der Waals surface area contributed by atoms with E-state index in [4.69, 9.17) is 4.74 Å². The number of nitrogens with one attached hydrogen (secondary N) is 1. The summed E-state index contributed by atoms with van der Waals surface area (Å²) in [4.78, 5) is 21.3. The van der Waals surface area contributed by atoms with Gasteiger partial charge in [0.2, 0.25) is 5.91 Å². The fourth-order valence-electron chi connectivity index (χ4n) is 2.51. The van der Waals surface area contributed by atoms with Crippen LogP contribution < -0.4 is 10.1 Å². The van der Waals surface area contributed by atoms with Gasteiger partial charge in [-0.1, -0.05) is 24.3 Å². The number of carbonyl (C=O) groups excluding carboxylic acids is 1. The van der Waals surface area contributed by atoms with Crippen molar-refractivity contribution in [2.45, 2.75) is 13.0 Å². The Labute approximate surface area is 188 Å². The quantitative estimate of drug-likeness (QED) is 0.333. The molecule has 1 heterocycles. The minimum Gasteiger partial charge on any atom is -0.496 e. The Morgan fingerprint density at radius 3 is 2.57 bits per heavy atom. The van der Waals surface area contributed by atoms with Gasteiger partial charge in [-0.25, -0.2) is 4.99 Å². The van der Waals surface area contributed by atoms with Crippen molar-refractivity contribution in [1.82, 2.24) is 15.1 Å². The summed E-state index contributed by atoms with van der Waals surface area (Å²) >= 11 is 1.74. The summed E-state index contributed by atoms with van der Waals surface area (Å²) in [5.41, 5.74) is 1.06. The molecule has 0 radical (unpaired) electrons. The highest BCUT2D eigenvalue weighted by molar-refractivity contribution is 14.0. The Hall–Kier alpha value is -1.81. The third-order valence-electron chi connectivity index (χ3n) is 4.06. The van der Waals surface area contributed by atoms with E-state index in [9.17, 15) is 4.79 Å². The van der Waals surface area contributed by atoms with E-state index in [0.717, 1.165) is 24.3 Å². The maximum atomic E-state index is 11.9. The highest BCUT2D eigenvalue weighted by Crippen LogP contribution is 2.18. The normalized spacial score (nSPS) is 10.8. The molecule has 0 saturated carbocycles. The van der Waals surface area contributed by atoms with Gasteiger partial charge < -0.3 is 19.9 Å². The van der Waals surface area contributed by atoms with Crippen molar-refractivity contribution in [3.63, 3.8) is 0 Å². The predicted molar refractivity (Wildman–Crippen MR) is 127 cm³/mol. The minimum atomic E-state index is -0.0294. The van der Waals surface area contributed by atoms with Gasteiger partial charge in [0.1, 0.15) is 12.3 Å². The third kappa shape index (κ3) is 7.67. The van der Waals surface area contributed by atoms with Crippen LogP contribution in [-0.4, -0.2) is 63.0 Å². The molecule has 0 bridgehead atoms. The van der Waals surface area contributed by atoms with Crippen molar-refractivity contribution in [2.24, 2.45) is 4.99 Å². The van der Waals surface area contributed by atoms with Crippen LogP contribution >= 0.6 is 35.3 Å². The lowest BCUT2D eigenvalue weighted by molar-refractivity contribution is -0.127. The molecule has 1 amide bonds. The number of ether oxygens (including phenoxy) is 1. The molecule has 2 aromatic rings. The zero-order chi connectivity index (χ0) is 19.6. The molecule has 0 aliphatic carbocycles. The van der Waals surface area contributed by atoms with Crippen LogP contribution in [0.5, 0.6) is 5.75 Å². The van der Waals surface area contributed by atoms with Gasteiger partial charge in [0.15, 0.2) is 5.96 Å². The zero-order valence-corrected chi connectivity index (χ0v) is 20.0. The highest BCUT2D eigenvalue weighted by Gasteiger charge is 2.12. The largest absolute Gasteiger partial charge is 0.496 e. The SMILES string of the molecule is COc1ccccc1CN(C)C(=NCC(=O)N(C)C)NCCc1cccs1.I. The Balaban J connectivity index is 0.00000392. The molecule has 6 nitrogen and oxygen atoms in total. The molecule has 1 N–H and O–H groups in total. The van der Waals surface area contributed by atoms with Crippen LogP contribution in [0.15, 0.2) is 46.8 Å². The van der Waals surface area contributed by atoms with E-state index in [2.05, 4.69) is 27.8 Å². The molecule has 1 aromatic carbocycles. The number of guanidine groups is 1. The van der Waals surface area contributed by atoms with Gasteiger partial charge in [-0.3, -0.25) is 4.79 Å². The number of methoxy groups -OCH3 is 1. The van der Waals surface area contributed by atoms with Crippen molar-refractivity contribution in [1.29, 1.82) is 0 Å². The number of thiophene rings is 1. The van der Waals surface area contributed by atoms with E-state index >= 15 is 0 Å². The Morgan fingerprint density at radius 2 is 1.93 bits per heavy atom. The number of nitrogens with zero attached hydrogens (tertiary/aromatic N) is 3. The predicted octanol–water partition coefficient (Wildman–Crippen LogP) is 3.08. The Kier molecular flexibility index (Phi) is 10.9. The van der Waals surface area contributed by atoms with Gasteiger partial charge in [0.05, 0.1) is 7.11 Å². The fraction of sp³-hybridized carbons (Fsp3) is 0.400. The number of hydrogen-bond acceptors (Lipinski definition) is 4. The highest BCUT2D eigenvalue weighted by atomic mass is 127. The van der Waals surface area contributed by atoms with Crippen LogP contribution in [0.3, 0.4) is 0 Å². The number of carbonyl (C=O) groups is 1. The summed E-state index contributed by atoms with van der Waals surface area (Å²) < 4.78 is 5.44. The van der Waals surface area contributed by atoms with Gasteiger partial charge in [-0.05, 0) is 23.9 Å². The Morgan fingerprint density at radius 1 is 1.18 bits per heavy atom. The second kappa shape index (κ2) is 12.6. The third-order valence-corrected chi connectivity index (χ3v) is 5.00. The summed E-state index contributed by atoms with van der Waals surface area (Å²) in [6, 6.07) is 12.1. The van der Waals surface area contributed by atoms with E-state index in [1.165, 1.54) is 4.88 Å². The smallest absolute Gasteiger partial charge is 0.243 e. The summed E-state index contributed by atoms with van der Waals surface area (Å²) in [5.74, 6) is 1.51. The van der Waals surface area contributed by atoms with Crippen molar-refractivity contribution >= 4 is 47.2 Å². The molecule has 0 saturated heterocycles. The monoisotopic (exact) mass is 516 g/mol. The fourth-order valence-corrected chi connectivity index (χ4v) is 3.22. The minimum absolute atomic E-state index is 0. The molecule has 154 valence electrons. The summed E-state index contributed by atoms with van der Waals surface area (Å²) in [5, 5.41) is 5.46. The van der Waals surface area contributed by atoms with Crippen LogP contribution in [-0.2, 0) is 17.8 Å². The number of rotatable bonds is 8. The average molecular weight is 516 g/mol. The van der Waals surface area contributed by atoms with Gasteiger partial charge in [-0.2, -0.15) is 0 Å². The topological polar surface area (TPSA) is 57.2 Å². The molecule has 8 heteroatoms. The van der Waals surface area contributed by atoms with E-state index in [1.807, 2.05) is 36.2 Å². The van der Waals surface area contributed by atoms with E-state index in [0.29, 0.717) is 12.5 Å². The number of likely N-dealkylation sites (N-methyl/N-ethyl adjacent to an activating group) is 1. The van der Waals surface area contributed by atoms with Crippen molar-refractivity contribution in [3.8, 4) is 5.75 Å². The number of amides is 1. The first-order chi connectivity index (χ1) is 13.0. The number of para-hydroxylation sites is 1. The second-order valence-electron chi connectivity index (χ2n) is 6.35. The first-order valence-electron chi connectivity index (χ1n) is 8.85. The zero-order valence-electron chi connectivity index (χ0n) is 16.8. The van der Waals surface area contributed by atoms with Crippen molar-refractivity contribution in [2.75, 3.05) is 41.3 Å². The molecule has 1 aromatic heterocycles. The van der Waals surface area contributed by atoms with Gasteiger partial charge in [0, 0.05) is 44.7 Å². The van der Waals surface area contributed by atoms with E-state index < -0.39 is 0 Å². The lowest BCUT2D eigenvalue weighted by Crippen LogP contribution is -2.40. The summed E-state index contributed by atoms with van der Waals surface area (Å²) in [6.07, 6.45) is 0.917. The average Bonchev–Trinajstić information content (AvgIpc) is 3.17. The number of benzene rings is 1. The molecule has 0 aliphatic rings. The van der Waals surface area contributed by atoms with Crippen LogP contribution in [0.1, 0.15) is 10.4 Å². The number of halogens is 1. The van der Waals surface area contributed by atoms with Crippen LogP contribution in [0.25, 0.3) is 0 Å². The second-order valence-corrected chi connectivity index (χ2v) is 7.38. The Bertz CT molecular complexity index is 750. The first-order valence-corrected chi connectivity index (χ1v) is 9.73. The van der Waals surface area contributed by atoms with Crippen molar-refractivity contribution in [3.05, 3.63) is 52.2 Å². The number of aliphatic imine (C=N–C) groups is 1. The van der Waals surface area contributed by atoms with E-state index in [1.54, 1.807) is 37.4 Å². The molecule has 2 rings (SSSR count). The molecule has 28 heavy (non-hydrogen) atoms. The van der Waals surface area contributed by atoms with Crippen molar-refractivity contribution < 1.29 is 9.53 Å². The van der Waals surface area contributed by atoms with Crippen LogP contribution in [0.4, 0.5) is 0 Å². The lowest BCUT2D eigenvalue weighted by Gasteiger charge is -2.23.